The van der Waals surface area contributed by atoms with Crippen LogP contribution in [0.3, 0.4) is 0 Å². The molecule has 7 nitrogen and oxygen atoms in total. The first-order valence-electron chi connectivity index (χ1n) is 5.47. The minimum absolute atomic E-state index is 0.195. The maximum Gasteiger partial charge on any atom is 0.360 e. The van der Waals surface area contributed by atoms with Crippen LogP contribution in [0.2, 0.25) is 0 Å². The summed E-state index contributed by atoms with van der Waals surface area (Å²) in [6.07, 6.45) is 2.18. The van der Waals surface area contributed by atoms with Gasteiger partial charge >= 0.3 is 5.97 Å². The van der Waals surface area contributed by atoms with Gasteiger partial charge in [0.2, 0.25) is 12.0 Å². The number of hydrogen-bond donors (Lipinski definition) is 2. The van der Waals surface area contributed by atoms with Gasteiger partial charge in [0.1, 0.15) is 5.69 Å². The molecule has 3 N–H and O–H groups in total. The van der Waals surface area contributed by atoms with Crippen molar-refractivity contribution in [3.63, 3.8) is 0 Å². The lowest BCUT2D eigenvalue weighted by molar-refractivity contribution is -0.162. The number of oxime groups is 1. The summed E-state index contributed by atoms with van der Waals surface area (Å²) >= 11 is 1.15. The molecule has 2 rings (SSSR count). The lowest BCUT2D eigenvalue weighted by Gasteiger charge is -2.20. The van der Waals surface area contributed by atoms with Crippen LogP contribution in [0.15, 0.2) is 10.5 Å². The molecule has 1 saturated heterocycles. The van der Waals surface area contributed by atoms with Crippen LogP contribution in [0.1, 0.15) is 25.0 Å². The molecule has 2 heterocycles. The molecule has 1 aromatic heterocycles. The Hall–Kier alpha value is -1.67. The number of nitrogen functional groups attached to an aromatic ring is 1. The van der Waals surface area contributed by atoms with E-state index >= 15 is 0 Å². The van der Waals surface area contributed by atoms with Crippen molar-refractivity contribution < 1.29 is 19.5 Å². The number of carbonyl (C=O) groups is 1. The zero-order valence-electron chi connectivity index (χ0n) is 9.54. The summed E-state index contributed by atoms with van der Waals surface area (Å²) in [5.74, 6) is -1.21. The normalized spacial score (nSPS) is 20.7. The number of anilines is 1. The van der Waals surface area contributed by atoms with Gasteiger partial charge in [0.25, 0.3) is 0 Å². The van der Waals surface area contributed by atoms with Crippen LogP contribution in [0.5, 0.6) is 0 Å². The summed E-state index contributed by atoms with van der Waals surface area (Å²) in [5.41, 5.74) is 5.38. The van der Waals surface area contributed by atoms with E-state index < -0.39 is 12.3 Å². The van der Waals surface area contributed by atoms with Gasteiger partial charge in [0.05, 0.1) is 6.61 Å². The zero-order valence-corrected chi connectivity index (χ0v) is 10.4. The molecule has 1 aromatic rings. The van der Waals surface area contributed by atoms with Crippen LogP contribution >= 0.6 is 11.3 Å². The molecule has 0 aliphatic carbocycles. The minimum atomic E-state index is -1.21. The summed E-state index contributed by atoms with van der Waals surface area (Å²) < 4.78 is 5.28. The largest absolute Gasteiger partial charge is 0.476 e. The van der Waals surface area contributed by atoms with Crippen molar-refractivity contribution >= 4 is 28.1 Å². The Morgan fingerprint density at radius 3 is 3.06 bits per heavy atom. The second kappa shape index (κ2) is 5.78. The van der Waals surface area contributed by atoms with Gasteiger partial charge in [-0.25, -0.2) is 9.78 Å². The molecule has 0 spiro atoms. The van der Waals surface area contributed by atoms with Gasteiger partial charge in [0, 0.05) is 11.8 Å². The molecule has 0 amide bonds. The molecule has 0 aromatic carbocycles. The van der Waals surface area contributed by atoms with E-state index in [4.69, 9.17) is 20.4 Å². The quantitative estimate of drug-likeness (QED) is 0.626. The van der Waals surface area contributed by atoms with E-state index in [0.717, 1.165) is 24.2 Å². The molecule has 0 bridgehead atoms. The summed E-state index contributed by atoms with van der Waals surface area (Å²) in [6, 6.07) is 0. The predicted octanol–water partition coefficient (Wildman–Crippen LogP) is 1.06. The van der Waals surface area contributed by atoms with E-state index in [0.29, 0.717) is 13.0 Å². The third-order valence-corrected chi connectivity index (χ3v) is 3.04. The van der Waals surface area contributed by atoms with E-state index in [1.54, 1.807) is 0 Å². The van der Waals surface area contributed by atoms with E-state index in [1.165, 1.54) is 5.38 Å². The fourth-order valence-electron chi connectivity index (χ4n) is 1.50. The van der Waals surface area contributed by atoms with Crippen molar-refractivity contribution in [2.24, 2.45) is 5.16 Å². The van der Waals surface area contributed by atoms with Crippen LogP contribution in [0.4, 0.5) is 5.13 Å². The first kappa shape index (κ1) is 12.8. The Balaban J connectivity index is 2.07. The molecule has 0 radical (unpaired) electrons. The first-order valence-corrected chi connectivity index (χ1v) is 6.35. The number of ether oxygens (including phenoxy) is 1. The Morgan fingerprint density at radius 2 is 2.50 bits per heavy atom. The van der Waals surface area contributed by atoms with Gasteiger partial charge in [-0.3, -0.25) is 0 Å². The standard InChI is InChI=1S/C10H13N3O4S/c11-10-12-6(5-18-10)8(9(14)15)13-17-7-3-1-2-4-16-7/h5,7H,1-4H2,(H2,11,12)(H,14,15)/b13-8+. The average Bonchev–Trinajstić information content (AvgIpc) is 2.77. The molecule has 8 heteroatoms. The van der Waals surface area contributed by atoms with Crippen molar-refractivity contribution in [2.45, 2.75) is 25.6 Å². The Labute approximate surface area is 107 Å². The van der Waals surface area contributed by atoms with E-state index in [9.17, 15) is 4.79 Å². The molecule has 98 valence electrons. The van der Waals surface area contributed by atoms with Crippen molar-refractivity contribution in [3.05, 3.63) is 11.1 Å². The van der Waals surface area contributed by atoms with E-state index in [-0.39, 0.29) is 16.5 Å². The molecule has 0 saturated carbocycles. The summed E-state index contributed by atoms with van der Waals surface area (Å²) in [5, 5.41) is 14.5. The average molecular weight is 271 g/mol. The maximum atomic E-state index is 11.1. The van der Waals surface area contributed by atoms with Crippen molar-refractivity contribution in [2.75, 3.05) is 12.3 Å². The smallest absolute Gasteiger partial charge is 0.360 e. The highest BCUT2D eigenvalue weighted by atomic mass is 32.1. The number of carboxylic acids is 1. The molecule has 1 unspecified atom stereocenters. The maximum absolute atomic E-state index is 11.1. The number of aromatic nitrogens is 1. The van der Waals surface area contributed by atoms with Crippen LogP contribution in [-0.2, 0) is 14.4 Å². The van der Waals surface area contributed by atoms with E-state index in [2.05, 4.69) is 10.1 Å². The topological polar surface area (TPSA) is 107 Å². The number of rotatable bonds is 4. The molecule has 18 heavy (non-hydrogen) atoms. The number of hydrogen-bond acceptors (Lipinski definition) is 7. The van der Waals surface area contributed by atoms with Gasteiger partial charge in [-0.15, -0.1) is 11.3 Å². The highest BCUT2D eigenvalue weighted by molar-refractivity contribution is 7.13. The molecule has 1 aliphatic rings. The third-order valence-electron chi connectivity index (χ3n) is 2.37. The highest BCUT2D eigenvalue weighted by Crippen LogP contribution is 2.16. The van der Waals surface area contributed by atoms with Gasteiger partial charge in [-0.1, -0.05) is 5.16 Å². The monoisotopic (exact) mass is 271 g/mol. The lowest BCUT2D eigenvalue weighted by Crippen LogP contribution is -2.23. The third kappa shape index (κ3) is 3.17. The zero-order chi connectivity index (χ0) is 13.0. The Bertz CT molecular complexity index is 454. The highest BCUT2D eigenvalue weighted by Gasteiger charge is 2.20. The second-order valence-electron chi connectivity index (χ2n) is 3.72. The van der Waals surface area contributed by atoms with Crippen molar-refractivity contribution in [1.82, 2.24) is 4.98 Å². The van der Waals surface area contributed by atoms with Crippen LogP contribution in [0, 0.1) is 0 Å². The van der Waals surface area contributed by atoms with Crippen molar-refractivity contribution in [3.8, 4) is 0 Å². The number of carboxylic acid groups (broad SMARTS) is 1. The van der Waals surface area contributed by atoms with Gasteiger partial charge in [-0.2, -0.15) is 0 Å². The lowest BCUT2D eigenvalue weighted by atomic mass is 10.2. The van der Waals surface area contributed by atoms with Crippen LogP contribution in [0.25, 0.3) is 0 Å². The number of thiazole rings is 1. The fraction of sp³-hybridized carbons (Fsp3) is 0.500. The predicted molar refractivity (Wildman–Crippen MR) is 65.4 cm³/mol. The SMILES string of the molecule is Nc1nc(/C(=N\OC2CCCCO2)C(=O)O)cs1. The van der Waals surface area contributed by atoms with Gasteiger partial charge in [0.15, 0.2) is 5.13 Å². The number of nitrogens with zero attached hydrogens (tertiary/aromatic N) is 2. The summed E-state index contributed by atoms with van der Waals surface area (Å²) in [7, 11) is 0. The van der Waals surface area contributed by atoms with Crippen LogP contribution in [-0.4, -0.2) is 34.7 Å². The van der Waals surface area contributed by atoms with Gasteiger partial charge < -0.3 is 20.4 Å². The van der Waals surface area contributed by atoms with Crippen molar-refractivity contribution in [1.29, 1.82) is 0 Å². The minimum Gasteiger partial charge on any atom is -0.476 e. The molecule has 1 fully saturated rings. The number of nitrogens with two attached hydrogens (primary N) is 1. The molecule has 1 aliphatic heterocycles. The first-order chi connectivity index (χ1) is 8.66. The Morgan fingerprint density at radius 1 is 1.67 bits per heavy atom. The van der Waals surface area contributed by atoms with E-state index in [1.807, 2.05) is 0 Å². The molecular formula is C10H13N3O4S. The summed E-state index contributed by atoms with van der Waals surface area (Å²) in [4.78, 5) is 20.0. The number of aliphatic carboxylic acids is 1. The van der Waals surface area contributed by atoms with Gasteiger partial charge in [-0.05, 0) is 12.8 Å². The fourth-order valence-corrected chi connectivity index (χ4v) is 2.05. The molecule has 1 atom stereocenters. The Kier molecular flexibility index (Phi) is 4.11. The summed E-state index contributed by atoms with van der Waals surface area (Å²) in [6.45, 7) is 0.603. The molecular weight excluding hydrogens is 258 g/mol. The second-order valence-corrected chi connectivity index (χ2v) is 4.61. The van der Waals surface area contributed by atoms with Crippen LogP contribution < -0.4 is 5.73 Å².